The Labute approximate surface area is 397 Å². The van der Waals surface area contributed by atoms with E-state index in [0.29, 0.717) is 17.5 Å². The molecule has 0 aliphatic heterocycles. The predicted molar refractivity (Wildman–Crippen MR) is 285 cm³/mol. The maximum absolute atomic E-state index is 5.37. The number of hydrogen-bond acceptors (Lipinski definition) is 4. The van der Waals surface area contributed by atoms with E-state index in [9.17, 15) is 0 Å². The summed E-state index contributed by atoms with van der Waals surface area (Å²) in [6.07, 6.45) is 0. The second-order valence-electron chi connectivity index (χ2n) is 17.1. The quantitative estimate of drug-likeness (QED) is 0.153. The summed E-state index contributed by atoms with van der Waals surface area (Å²) in [7, 11) is 0. The SMILES string of the molecule is c1ccc(-c2ccc(-c3ccccc3)c(-c3ccc(-c4cccc5c4sc4ccc6c(c7ccccc7n6-c6ccccc6)c45)c(-c4nc(-c5ccccc5)nc(-c5ccccc5)n4)c3)c2)cc1. The third kappa shape index (κ3) is 6.79. The Morgan fingerprint density at radius 1 is 0.294 bits per heavy atom. The molecule has 68 heavy (non-hydrogen) atoms. The first kappa shape index (κ1) is 39.6. The van der Waals surface area contributed by atoms with Crippen LogP contribution in [0, 0.1) is 0 Å². The van der Waals surface area contributed by atoms with Gasteiger partial charge in [0.2, 0.25) is 0 Å². The predicted octanol–water partition coefficient (Wildman–Crippen LogP) is 17.0. The molecule has 3 aromatic heterocycles. The molecule has 0 unspecified atom stereocenters. The van der Waals surface area contributed by atoms with Gasteiger partial charge in [0.05, 0.1) is 11.0 Å². The lowest BCUT2D eigenvalue weighted by atomic mass is 9.88. The highest BCUT2D eigenvalue weighted by Gasteiger charge is 2.23. The molecular weight excluding hydrogens is 845 g/mol. The molecule has 0 spiro atoms. The second-order valence-corrected chi connectivity index (χ2v) is 18.1. The largest absolute Gasteiger partial charge is 0.309 e. The van der Waals surface area contributed by atoms with Gasteiger partial charge in [0.15, 0.2) is 17.5 Å². The number of thiophene rings is 1. The normalized spacial score (nSPS) is 11.5. The van der Waals surface area contributed by atoms with Crippen LogP contribution in [-0.4, -0.2) is 19.5 Å². The van der Waals surface area contributed by atoms with Crippen molar-refractivity contribution in [3.63, 3.8) is 0 Å². The summed E-state index contributed by atoms with van der Waals surface area (Å²) < 4.78 is 4.87. The van der Waals surface area contributed by atoms with Crippen LogP contribution in [0.1, 0.15) is 0 Å². The van der Waals surface area contributed by atoms with Gasteiger partial charge < -0.3 is 4.57 Å². The Bertz CT molecular complexity index is 3940. The number of rotatable bonds is 8. The van der Waals surface area contributed by atoms with E-state index in [0.717, 1.165) is 61.3 Å². The van der Waals surface area contributed by atoms with Gasteiger partial charge in [-0.25, -0.2) is 15.0 Å². The van der Waals surface area contributed by atoms with Crippen LogP contribution in [0.5, 0.6) is 0 Å². The van der Waals surface area contributed by atoms with Crippen molar-refractivity contribution in [2.24, 2.45) is 0 Å². The van der Waals surface area contributed by atoms with Gasteiger partial charge in [-0.3, -0.25) is 0 Å². The molecule has 0 fully saturated rings. The molecule has 0 amide bonds. The van der Waals surface area contributed by atoms with E-state index in [-0.39, 0.29) is 0 Å². The van der Waals surface area contributed by atoms with E-state index in [2.05, 4.69) is 211 Å². The molecule has 0 atom stereocenters. The average Bonchev–Trinajstić information content (AvgIpc) is 3.98. The van der Waals surface area contributed by atoms with Gasteiger partial charge in [-0.2, -0.15) is 0 Å². The van der Waals surface area contributed by atoms with Crippen molar-refractivity contribution >= 4 is 53.3 Å². The molecule has 0 radical (unpaired) electrons. The average molecular weight is 885 g/mol. The van der Waals surface area contributed by atoms with Gasteiger partial charge >= 0.3 is 0 Å². The van der Waals surface area contributed by atoms with Crippen molar-refractivity contribution < 1.29 is 0 Å². The first-order chi connectivity index (χ1) is 33.7. The minimum absolute atomic E-state index is 0.612. The first-order valence-corrected chi connectivity index (χ1v) is 23.7. The van der Waals surface area contributed by atoms with Crippen molar-refractivity contribution in [2.75, 3.05) is 0 Å². The summed E-state index contributed by atoms with van der Waals surface area (Å²) in [4.78, 5) is 15.9. The van der Waals surface area contributed by atoms with E-state index >= 15 is 0 Å². The maximum Gasteiger partial charge on any atom is 0.164 e. The second kappa shape index (κ2) is 16.6. The Hall–Kier alpha value is -8.77. The number of para-hydroxylation sites is 2. The third-order valence-corrected chi connectivity index (χ3v) is 14.3. The maximum atomic E-state index is 5.37. The highest BCUT2D eigenvalue weighted by Crippen LogP contribution is 2.48. The first-order valence-electron chi connectivity index (χ1n) is 22.9. The molecule has 13 aromatic rings. The van der Waals surface area contributed by atoms with Crippen LogP contribution in [0.2, 0.25) is 0 Å². The third-order valence-electron chi connectivity index (χ3n) is 13.1. The van der Waals surface area contributed by atoms with Crippen molar-refractivity contribution in [2.45, 2.75) is 0 Å². The fourth-order valence-electron chi connectivity index (χ4n) is 9.94. The molecule has 4 nitrogen and oxygen atoms in total. The lowest BCUT2D eigenvalue weighted by Crippen LogP contribution is -2.01. The van der Waals surface area contributed by atoms with Crippen molar-refractivity contribution in [3.05, 3.63) is 243 Å². The molecule has 0 saturated heterocycles. The van der Waals surface area contributed by atoms with E-state index in [1.165, 1.54) is 47.5 Å². The highest BCUT2D eigenvalue weighted by atomic mass is 32.1. The number of fused-ring (bicyclic) bond motifs is 7. The molecule has 0 aliphatic carbocycles. The van der Waals surface area contributed by atoms with E-state index in [4.69, 9.17) is 15.0 Å². The van der Waals surface area contributed by atoms with Gasteiger partial charge in [0.1, 0.15) is 0 Å². The van der Waals surface area contributed by atoms with E-state index in [1.54, 1.807) is 0 Å². The van der Waals surface area contributed by atoms with Crippen LogP contribution in [0.3, 0.4) is 0 Å². The topological polar surface area (TPSA) is 43.6 Å². The lowest BCUT2D eigenvalue weighted by Gasteiger charge is -2.17. The van der Waals surface area contributed by atoms with Crippen molar-refractivity contribution in [1.29, 1.82) is 0 Å². The van der Waals surface area contributed by atoms with Crippen molar-refractivity contribution in [1.82, 2.24) is 19.5 Å². The van der Waals surface area contributed by atoms with Gasteiger partial charge in [-0.05, 0) is 81.4 Å². The summed E-state index contributed by atoms with van der Waals surface area (Å²) in [5.41, 5.74) is 15.3. The lowest BCUT2D eigenvalue weighted by molar-refractivity contribution is 1.07. The fraction of sp³-hybridized carbons (Fsp3) is 0. The van der Waals surface area contributed by atoms with Crippen LogP contribution in [0.4, 0.5) is 0 Å². The molecule has 318 valence electrons. The van der Waals surface area contributed by atoms with E-state index < -0.39 is 0 Å². The van der Waals surface area contributed by atoms with Gasteiger partial charge in [-0.15, -0.1) is 11.3 Å². The molecule has 0 saturated carbocycles. The summed E-state index contributed by atoms with van der Waals surface area (Å²) in [5.74, 6) is 1.86. The molecule has 0 N–H and O–H groups in total. The summed E-state index contributed by atoms with van der Waals surface area (Å²) in [6.45, 7) is 0. The number of benzene rings is 10. The Morgan fingerprint density at radius 3 is 1.53 bits per heavy atom. The van der Waals surface area contributed by atoms with Crippen LogP contribution >= 0.6 is 11.3 Å². The fourth-order valence-corrected chi connectivity index (χ4v) is 11.2. The molecular formula is C63H40N4S. The molecule has 3 heterocycles. The van der Waals surface area contributed by atoms with Gasteiger partial charge in [0.25, 0.3) is 0 Å². The zero-order valence-corrected chi connectivity index (χ0v) is 37.6. The van der Waals surface area contributed by atoms with Gasteiger partial charge in [0, 0.05) is 58.9 Å². The Morgan fingerprint density at radius 2 is 0.838 bits per heavy atom. The molecule has 0 aliphatic rings. The smallest absolute Gasteiger partial charge is 0.164 e. The molecule has 0 bridgehead atoms. The number of nitrogens with zero attached hydrogens (tertiary/aromatic N) is 4. The summed E-state index contributed by atoms with van der Waals surface area (Å²) in [6, 6.07) is 86.4. The monoisotopic (exact) mass is 884 g/mol. The summed E-state index contributed by atoms with van der Waals surface area (Å²) >= 11 is 1.85. The number of hydrogen-bond donors (Lipinski definition) is 0. The highest BCUT2D eigenvalue weighted by molar-refractivity contribution is 7.26. The Kier molecular flexibility index (Phi) is 9.66. The van der Waals surface area contributed by atoms with Crippen LogP contribution in [0.25, 0.3) is 126 Å². The number of aromatic nitrogens is 4. The zero-order valence-electron chi connectivity index (χ0n) is 36.8. The Balaban J connectivity index is 1.09. The minimum atomic E-state index is 0.612. The molecule has 5 heteroatoms. The van der Waals surface area contributed by atoms with Crippen LogP contribution in [0.15, 0.2) is 243 Å². The van der Waals surface area contributed by atoms with Gasteiger partial charge in [-0.1, -0.05) is 200 Å². The minimum Gasteiger partial charge on any atom is -0.309 e. The van der Waals surface area contributed by atoms with Crippen molar-refractivity contribution in [3.8, 4) is 84.4 Å². The van der Waals surface area contributed by atoms with E-state index in [1.807, 2.05) is 47.7 Å². The molecule has 13 rings (SSSR count). The van der Waals surface area contributed by atoms with Crippen LogP contribution < -0.4 is 0 Å². The molecule has 10 aromatic carbocycles. The standard InChI is InChI=1S/C63H40N4S/c1-6-19-41(20-7-1)45-33-35-48(42-21-8-2-9-22-42)53(39-45)46-34-36-49(54(40-46)63-65-61(43-23-10-3-11-24-43)64-62(66-63)44-25-12-4-13-26-44)50-30-18-31-52-59-57(68-60(50)52)38-37-56-58(59)51-29-16-17-32-55(51)67(56)47-27-14-5-15-28-47/h1-40H. The van der Waals surface area contributed by atoms with Crippen LogP contribution in [-0.2, 0) is 0 Å². The summed E-state index contributed by atoms with van der Waals surface area (Å²) in [5, 5.41) is 5.01. The zero-order chi connectivity index (χ0) is 45.0.